The molecule has 20 heavy (non-hydrogen) atoms. The van der Waals surface area contributed by atoms with E-state index in [9.17, 15) is 10.1 Å². The van der Waals surface area contributed by atoms with Gasteiger partial charge in [0.05, 0.1) is 4.92 Å². The lowest BCUT2D eigenvalue weighted by molar-refractivity contribution is -0.386. The molecule has 0 bridgehead atoms. The van der Waals surface area contributed by atoms with E-state index in [1.165, 1.54) is 0 Å². The predicted octanol–water partition coefficient (Wildman–Crippen LogP) is 3.39. The van der Waals surface area contributed by atoms with Crippen LogP contribution in [-0.4, -0.2) is 26.1 Å². The topological polar surface area (TPSA) is 87.4 Å². The first-order chi connectivity index (χ1) is 8.89. The number of hydrogen-bond acceptors (Lipinski definition) is 6. The fraction of sp³-hybridized carbons (Fsp3) is 0.667. The smallest absolute Gasteiger partial charge is 0.368 e. The standard InChI is InChI=1S/C12H18ClN3O4/c1-11(2,3)19-9-7(16(17)18)8(13)14-10(15-9)20-12(4,5)6/h1-6H3. The van der Waals surface area contributed by atoms with Crippen molar-refractivity contribution >= 4 is 17.3 Å². The molecule has 0 atom stereocenters. The maximum Gasteiger partial charge on any atom is 0.368 e. The van der Waals surface area contributed by atoms with Crippen LogP contribution in [0.25, 0.3) is 0 Å². The molecule has 7 nitrogen and oxygen atoms in total. The number of nitro groups is 1. The molecule has 0 fully saturated rings. The summed E-state index contributed by atoms with van der Waals surface area (Å²) in [7, 11) is 0. The first-order valence-corrected chi connectivity index (χ1v) is 6.37. The Labute approximate surface area is 122 Å². The highest BCUT2D eigenvalue weighted by molar-refractivity contribution is 6.31. The Bertz CT molecular complexity index is 521. The van der Waals surface area contributed by atoms with Crippen molar-refractivity contribution in [3.05, 3.63) is 15.3 Å². The molecule has 112 valence electrons. The lowest BCUT2D eigenvalue weighted by Gasteiger charge is -2.22. The monoisotopic (exact) mass is 303 g/mol. The third-order valence-electron chi connectivity index (χ3n) is 1.77. The minimum atomic E-state index is -0.676. The van der Waals surface area contributed by atoms with Gasteiger partial charge >= 0.3 is 17.6 Å². The summed E-state index contributed by atoms with van der Waals surface area (Å²) < 4.78 is 10.9. The van der Waals surface area contributed by atoms with Crippen molar-refractivity contribution in [2.45, 2.75) is 52.7 Å². The summed E-state index contributed by atoms with van der Waals surface area (Å²) in [4.78, 5) is 18.1. The number of ether oxygens (including phenoxy) is 2. The number of nitrogens with zero attached hydrogens (tertiary/aromatic N) is 3. The molecule has 8 heteroatoms. The molecule has 1 aromatic rings. The molecule has 0 aliphatic heterocycles. The van der Waals surface area contributed by atoms with Crippen LogP contribution < -0.4 is 9.47 Å². The molecule has 0 amide bonds. The molecular weight excluding hydrogens is 286 g/mol. The number of aromatic nitrogens is 2. The van der Waals surface area contributed by atoms with Gasteiger partial charge in [-0.05, 0) is 41.5 Å². The average molecular weight is 304 g/mol. The first kappa shape index (κ1) is 16.4. The van der Waals surface area contributed by atoms with Crippen LogP contribution in [0, 0.1) is 10.1 Å². The Morgan fingerprint density at radius 1 is 1.05 bits per heavy atom. The van der Waals surface area contributed by atoms with E-state index in [1.807, 2.05) is 0 Å². The Kier molecular flexibility index (Phi) is 4.43. The van der Waals surface area contributed by atoms with Gasteiger partial charge in [-0.25, -0.2) is 0 Å². The zero-order valence-corrected chi connectivity index (χ0v) is 13.1. The Hall–Kier alpha value is -1.63. The molecule has 0 N–H and O–H groups in total. The molecule has 1 heterocycles. The molecule has 0 aromatic carbocycles. The van der Waals surface area contributed by atoms with Gasteiger partial charge in [0.15, 0.2) is 0 Å². The van der Waals surface area contributed by atoms with Gasteiger partial charge in [-0.15, -0.1) is 0 Å². The van der Waals surface area contributed by atoms with Crippen LogP contribution in [0.4, 0.5) is 5.69 Å². The van der Waals surface area contributed by atoms with Gasteiger partial charge in [-0.3, -0.25) is 10.1 Å². The second kappa shape index (κ2) is 5.40. The number of rotatable bonds is 3. The average Bonchev–Trinajstić information content (AvgIpc) is 2.08. The van der Waals surface area contributed by atoms with Crippen LogP contribution >= 0.6 is 11.6 Å². The van der Waals surface area contributed by atoms with Gasteiger partial charge in [-0.2, -0.15) is 9.97 Å². The first-order valence-electron chi connectivity index (χ1n) is 5.99. The summed E-state index contributed by atoms with van der Waals surface area (Å²) in [6.07, 6.45) is 0. The largest absolute Gasteiger partial charge is 0.467 e. The number of hydrogen-bond donors (Lipinski definition) is 0. The Morgan fingerprint density at radius 3 is 1.95 bits per heavy atom. The summed E-state index contributed by atoms with van der Waals surface area (Å²) in [5.41, 5.74) is -1.69. The molecule has 0 spiro atoms. The van der Waals surface area contributed by atoms with E-state index in [2.05, 4.69) is 9.97 Å². The van der Waals surface area contributed by atoms with Crippen LogP contribution in [0.5, 0.6) is 11.9 Å². The van der Waals surface area contributed by atoms with Gasteiger partial charge in [0.2, 0.25) is 5.15 Å². The summed E-state index contributed by atoms with van der Waals surface area (Å²) in [5, 5.41) is 10.7. The van der Waals surface area contributed by atoms with Gasteiger partial charge in [0.25, 0.3) is 0 Å². The second-order valence-corrected chi connectivity index (χ2v) is 6.49. The summed E-state index contributed by atoms with van der Waals surface area (Å²) >= 11 is 5.83. The maximum atomic E-state index is 11.0. The van der Waals surface area contributed by atoms with E-state index in [0.717, 1.165) is 0 Å². The molecule has 0 unspecified atom stereocenters. The van der Waals surface area contributed by atoms with E-state index in [4.69, 9.17) is 21.1 Å². The van der Waals surface area contributed by atoms with E-state index in [-0.39, 0.29) is 17.0 Å². The second-order valence-electron chi connectivity index (χ2n) is 6.14. The summed E-state index contributed by atoms with van der Waals surface area (Å²) in [6.45, 7) is 10.6. The predicted molar refractivity (Wildman–Crippen MR) is 74.5 cm³/mol. The summed E-state index contributed by atoms with van der Waals surface area (Å²) in [6, 6.07) is -0.0626. The van der Waals surface area contributed by atoms with E-state index in [1.54, 1.807) is 41.5 Å². The van der Waals surface area contributed by atoms with Crippen molar-refractivity contribution in [1.82, 2.24) is 9.97 Å². The van der Waals surface area contributed by atoms with Crippen LogP contribution in [0.3, 0.4) is 0 Å². The lowest BCUT2D eigenvalue weighted by Crippen LogP contribution is -2.26. The third-order valence-corrected chi connectivity index (χ3v) is 2.04. The normalized spacial score (nSPS) is 12.2. The molecule has 0 radical (unpaired) electrons. The Morgan fingerprint density at radius 2 is 1.55 bits per heavy atom. The fourth-order valence-electron chi connectivity index (χ4n) is 1.22. The molecule has 1 rings (SSSR count). The molecule has 0 aliphatic carbocycles. The van der Waals surface area contributed by atoms with Crippen LogP contribution in [0.2, 0.25) is 5.15 Å². The quantitative estimate of drug-likeness (QED) is 0.483. The highest BCUT2D eigenvalue weighted by Crippen LogP contribution is 2.35. The van der Waals surface area contributed by atoms with Crippen LogP contribution in [0.15, 0.2) is 0 Å². The Balaban J connectivity index is 3.32. The van der Waals surface area contributed by atoms with Crippen molar-refractivity contribution in [2.75, 3.05) is 0 Å². The molecular formula is C12H18ClN3O4. The molecule has 0 saturated carbocycles. The molecule has 0 saturated heterocycles. The third kappa shape index (κ3) is 4.80. The molecule has 0 aliphatic rings. The van der Waals surface area contributed by atoms with Crippen LogP contribution in [0.1, 0.15) is 41.5 Å². The van der Waals surface area contributed by atoms with Gasteiger partial charge in [0.1, 0.15) is 11.2 Å². The summed E-state index contributed by atoms with van der Waals surface area (Å²) in [5.74, 6) is -0.207. The highest BCUT2D eigenvalue weighted by atomic mass is 35.5. The molecule has 1 aromatic heterocycles. The number of halogens is 1. The van der Waals surface area contributed by atoms with Gasteiger partial charge < -0.3 is 9.47 Å². The van der Waals surface area contributed by atoms with Crippen molar-refractivity contribution in [3.8, 4) is 11.9 Å². The van der Waals surface area contributed by atoms with Crippen molar-refractivity contribution in [3.63, 3.8) is 0 Å². The van der Waals surface area contributed by atoms with Gasteiger partial charge in [-0.1, -0.05) is 11.6 Å². The van der Waals surface area contributed by atoms with E-state index in [0.29, 0.717) is 0 Å². The van der Waals surface area contributed by atoms with Crippen molar-refractivity contribution in [2.24, 2.45) is 0 Å². The lowest BCUT2D eigenvalue weighted by atomic mass is 10.2. The minimum Gasteiger partial charge on any atom is -0.467 e. The van der Waals surface area contributed by atoms with Crippen molar-refractivity contribution < 1.29 is 14.4 Å². The zero-order chi connectivity index (χ0) is 15.7. The van der Waals surface area contributed by atoms with E-state index < -0.39 is 21.8 Å². The van der Waals surface area contributed by atoms with E-state index >= 15 is 0 Å². The van der Waals surface area contributed by atoms with Crippen molar-refractivity contribution in [1.29, 1.82) is 0 Å². The minimum absolute atomic E-state index is 0.0626. The zero-order valence-electron chi connectivity index (χ0n) is 12.4. The van der Waals surface area contributed by atoms with Crippen LogP contribution in [-0.2, 0) is 0 Å². The fourth-order valence-corrected chi connectivity index (χ4v) is 1.45. The highest BCUT2D eigenvalue weighted by Gasteiger charge is 2.30. The maximum absolute atomic E-state index is 11.0. The van der Waals surface area contributed by atoms with Gasteiger partial charge in [0, 0.05) is 0 Å². The SMILES string of the molecule is CC(C)(C)Oc1nc(Cl)c([N+](=O)[O-])c(OC(C)(C)C)n1.